The summed E-state index contributed by atoms with van der Waals surface area (Å²) in [5.74, 6) is 0.689. The molecule has 3 nitrogen and oxygen atoms in total. The molecule has 0 spiro atoms. The van der Waals surface area contributed by atoms with E-state index in [0.29, 0.717) is 5.92 Å². The summed E-state index contributed by atoms with van der Waals surface area (Å²) in [7, 11) is 4.28. The number of hydrogen-bond acceptors (Lipinski definition) is 3. The van der Waals surface area contributed by atoms with E-state index in [1.54, 1.807) is 0 Å². The van der Waals surface area contributed by atoms with Gasteiger partial charge in [0.05, 0.1) is 0 Å². The summed E-state index contributed by atoms with van der Waals surface area (Å²) < 4.78 is 0. The molecule has 0 amide bonds. The van der Waals surface area contributed by atoms with Gasteiger partial charge in [-0.25, -0.2) is 0 Å². The van der Waals surface area contributed by atoms with Gasteiger partial charge in [-0.3, -0.25) is 0 Å². The highest BCUT2D eigenvalue weighted by atomic mass is 15.2. The number of benzene rings is 1. The molecule has 0 saturated carbocycles. The maximum atomic E-state index is 5.80. The molecular weight excluding hydrogens is 258 g/mol. The Hall–Kier alpha value is -1.06. The van der Waals surface area contributed by atoms with Crippen molar-refractivity contribution in [2.24, 2.45) is 5.92 Å². The van der Waals surface area contributed by atoms with Gasteiger partial charge >= 0.3 is 0 Å². The molecule has 0 heterocycles. The molecule has 0 aliphatic rings. The summed E-state index contributed by atoms with van der Waals surface area (Å²) in [5, 5.41) is 0. The van der Waals surface area contributed by atoms with Crippen molar-refractivity contribution >= 4 is 5.69 Å². The Kier molecular flexibility index (Phi) is 6.69. The van der Waals surface area contributed by atoms with Crippen molar-refractivity contribution < 1.29 is 0 Å². The molecule has 0 aliphatic carbocycles. The summed E-state index contributed by atoms with van der Waals surface area (Å²) in [4.78, 5) is 4.84. The van der Waals surface area contributed by atoms with E-state index in [1.807, 2.05) is 12.1 Å². The van der Waals surface area contributed by atoms with Gasteiger partial charge in [0.2, 0.25) is 0 Å². The number of likely N-dealkylation sites (N-methyl/N-ethyl adjacent to an activating group) is 1. The van der Waals surface area contributed by atoms with Gasteiger partial charge in [-0.1, -0.05) is 39.8 Å². The second-order valence-electron chi connectivity index (χ2n) is 7.44. The van der Waals surface area contributed by atoms with Gasteiger partial charge in [0.1, 0.15) is 0 Å². The fraction of sp³-hybridized carbons (Fsp3) is 0.667. The van der Waals surface area contributed by atoms with Crippen LogP contribution in [0.4, 0.5) is 5.69 Å². The first-order valence-corrected chi connectivity index (χ1v) is 7.94. The lowest BCUT2D eigenvalue weighted by molar-refractivity contribution is 0.185. The average Bonchev–Trinajstić information content (AvgIpc) is 2.35. The van der Waals surface area contributed by atoms with Crippen LogP contribution >= 0.6 is 0 Å². The summed E-state index contributed by atoms with van der Waals surface area (Å²) >= 11 is 0. The minimum atomic E-state index is 0.134. The van der Waals surface area contributed by atoms with Gasteiger partial charge < -0.3 is 15.5 Å². The SMILES string of the molecule is CC(C)CN(CCN(C)C)CC(C)(C)c1ccc(N)cc1. The van der Waals surface area contributed by atoms with Crippen molar-refractivity contribution in [2.45, 2.75) is 33.1 Å². The molecule has 1 rings (SSSR count). The standard InChI is InChI=1S/C18H33N3/c1-15(2)13-21(12-11-20(5)6)14-18(3,4)16-7-9-17(19)10-8-16/h7-10,15H,11-14,19H2,1-6H3. The lowest BCUT2D eigenvalue weighted by Crippen LogP contribution is -2.42. The smallest absolute Gasteiger partial charge is 0.0314 e. The van der Waals surface area contributed by atoms with Gasteiger partial charge in [0, 0.05) is 37.3 Å². The first-order valence-electron chi connectivity index (χ1n) is 7.94. The molecule has 1 aromatic rings. The molecule has 0 bridgehead atoms. The zero-order valence-corrected chi connectivity index (χ0v) is 14.7. The van der Waals surface area contributed by atoms with Crippen molar-refractivity contribution in [3.8, 4) is 0 Å². The first kappa shape index (κ1) is 18.0. The highest BCUT2D eigenvalue weighted by Crippen LogP contribution is 2.25. The van der Waals surface area contributed by atoms with Crippen LogP contribution in [-0.4, -0.2) is 50.1 Å². The molecule has 2 N–H and O–H groups in total. The first-order chi connectivity index (χ1) is 9.70. The lowest BCUT2D eigenvalue weighted by atomic mass is 9.84. The summed E-state index contributed by atoms with van der Waals surface area (Å²) in [6.45, 7) is 13.7. The van der Waals surface area contributed by atoms with E-state index in [-0.39, 0.29) is 5.41 Å². The van der Waals surface area contributed by atoms with Crippen LogP contribution in [-0.2, 0) is 5.41 Å². The van der Waals surface area contributed by atoms with Gasteiger partial charge in [0.25, 0.3) is 0 Å². The topological polar surface area (TPSA) is 32.5 Å². The van der Waals surface area contributed by atoms with Crippen molar-refractivity contribution in [3.63, 3.8) is 0 Å². The van der Waals surface area contributed by atoms with Crippen molar-refractivity contribution in [1.82, 2.24) is 9.80 Å². The fourth-order valence-corrected chi connectivity index (χ4v) is 2.68. The van der Waals surface area contributed by atoms with Gasteiger partial charge in [-0.2, -0.15) is 0 Å². The van der Waals surface area contributed by atoms with Crippen LogP contribution in [0.3, 0.4) is 0 Å². The monoisotopic (exact) mass is 291 g/mol. The summed E-state index contributed by atoms with van der Waals surface area (Å²) in [6, 6.07) is 8.33. The van der Waals surface area contributed by atoms with Crippen molar-refractivity contribution in [1.29, 1.82) is 0 Å². The second kappa shape index (κ2) is 7.81. The maximum absolute atomic E-state index is 5.80. The largest absolute Gasteiger partial charge is 0.399 e. The Balaban J connectivity index is 2.76. The number of nitrogens with two attached hydrogens (primary N) is 1. The molecule has 0 fully saturated rings. The maximum Gasteiger partial charge on any atom is 0.0314 e. The number of rotatable bonds is 8. The lowest BCUT2D eigenvalue weighted by Gasteiger charge is -2.35. The summed E-state index contributed by atoms with van der Waals surface area (Å²) in [5.41, 5.74) is 8.13. The second-order valence-corrected chi connectivity index (χ2v) is 7.44. The van der Waals surface area contributed by atoms with Crippen LogP contribution in [0.1, 0.15) is 33.3 Å². The number of anilines is 1. The fourth-order valence-electron chi connectivity index (χ4n) is 2.68. The molecule has 0 saturated heterocycles. The van der Waals surface area contributed by atoms with Crippen LogP contribution < -0.4 is 5.73 Å². The Morgan fingerprint density at radius 3 is 2.10 bits per heavy atom. The molecule has 1 aromatic carbocycles. The predicted octanol–water partition coefficient (Wildman–Crippen LogP) is 3.07. The van der Waals surface area contributed by atoms with E-state index >= 15 is 0 Å². The van der Waals surface area contributed by atoms with E-state index in [1.165, 1.54) is 5.56 Å². The minimum Gasteiger partial charge on any atom is -0.399 e. The third-order valence-corrected chi connectivity index (χ3v) is 3.80. The van der Waals surface area contributed by atoms with E-state index in [4.69, 9.17) is 5.73 Å². The molecular formula is C18H33N3. The van der Waals surface area contributed by atoms with Crippen molar-refractivity contribution in [3.05, 3.63) is 29.8 Å². The van der Waals surface area contributed by atoms with Gasteiger partial charge in [-0.15, -0.1) is 0 Å². The van der Waals surface area contributed by atoms with Crippen molar-refractivity contribution in [2.75, 3.05) is 46.0 Å². The number of nitrogens with zero attached hydrogens (tertiary/aromatic N) is 2. The Bertz CT molecular complexity index is 407. The average molecular weight is 291 g/mol. The van der Waals surface area contributed by atoms with Crippen LogP contribution in [0.15, 0.2) is 24.3 Å². The highest BCUT2D eigenvalue weighted by Gasteiger charge is 2.24. The van der Waals surface area contributed by atoms with Crippen LogP contribution in [0.5, 0.6) is 0 Å². The zero-order valence-electron chi connectivity index (χ0n) is 14.7. The molecule has 120 valence electrons. The number of hydrogen-bond donors (Lipinski definition) is 1. The quantitative estimate of drug-likeness (QED) is 0.747. The van der Waals surface area contributed by atoms with E-state index in [0.717, 1.165) is 31.9 Å². The Morgan fingerprint density at radius 2 is 1.62 bits per heavy atom. The van der Waals surface area contributed by atoms with E-state index in [2.05, 4.69) is 63.7 Å². The van der Waals surface area contributed by atoms with Gasteiger partial charge in [-0.05, 0) is 37.7 Å². The summed E-state index contributed by atoms with van der Waals surface area (Å²) in [6.07, 6.45) is 0. The zero-order chi connectivity index (χ0) is 16.0. The molecule has 0 radical (unpaired) electrons. The molecule has 21 heavy (non-hydrogen) atoms. The Morgan fingerprint density at radius 1 is 1.05 bits per heavy atom. The molecule has 0 atom stereocenters. The van der Waals surface area contributed by atoms with E-state index in [9.17, 15) is 0 Å². The molecule has 0 unspecified atom stereocenters. The van der Waals surface area contributed by atoms with E-state index < -0.39 is 0 Å². The minimum absolute atomic E-state index is 0.134. The molecule has 0 aliphatic heterocycles. The Labute approximate surface area is 131 Å². The van der Waals surface area contributed by atoms with Crippen LogP contribution in [0, 0.1) is 5.92 Å². The number of nitrogen functional groups attached to an aromatic ring is 1. The van der Waals surface area contributed by atoms with Gasteiger partial charge in [0.15, 0.2) is 0 Å². The normalized spacial score (nSPS) is 12.6. The van der Waals surface area contributed by atoms with Crippen LogP contribution in [0.25, 0.3) is 0 Å². The molecule has 0 aromatic heterocycles. The predicted molar refractivity (Wildman–Crippen MR) is 93.7 cm³/mol. The third-order valence-electron chi connectivity index (χ3n) is 3.80. The van der Waals surface area contributed by atoms with Crippen LogP contribution in [0.2, 0.25) is 0 Å². The molecule has 3 heteroatoms. The third kappa shape index (κ3) is 6.49. The highest BCUT2D eigenvalue weighted by molar-refractivity contribution is 5.41.